The lowest BCUT2D eigenvalue weighted by Gasteiger charge is -2.15. The predicted molar refractivity (Wildman–Crippen MR) is 81.6 cm³/mol. The summed E-state index contributed by atoms with van der Waals surface area (Å²) in [6.45, 7) is 6.68. The highest BCUT2D eigenvalue weighted by Crippen LogP contribution is 2.18. The summed E-state index contributed by atoms with van der Waals surface area (Å²) in [6, 6.07) is 7.59. The number of aryl methyl sites for hydroxylation is 1. The normalized spacial score (nSPS) is 12.7. The number of nitrogens with zero attached hydrogens (tertiary/aromatic N) is 2. The summed E-state index contributed by atoms with van der Waals surface area (Å²) < 4.78 is 1.96. The molecule has 2 N–H and O–H groups in total. The van der Waals surface area contributed by atoms with Crippen molar-refractivity contribution in [1.82, 2.24) is 14.9 Å². The van der Waals surface area contributed by atoms with E-state index in [4.69, 9.17) is 0 Å². The van der Waals surface area contributed by atoms with Crippen molar-refractivity contribution in [3.63, 3.8) is 0 Å². The Labute approximate surface area is 119 Å². The van der Waals surface area contributed by atoms with Gasteiger partial charge in [0.05, 0.1) is 11.0 Å². The fourth-order valence-corrected chi connectivity index (χ4v) is 1.99. The highest BCUT2D eigenvalue weighted by molar-refractivity contribution is 5.85. The first-order chi connectivity index (χ1) is 9.49. The molecule has 2 aromatic rings. The van der Waals surface area contributed by atoms with Crippen molar-refractivity contribution in [1.29, 1.82) is 0 Å². The van der Waals surface area contributed by atoms with E-state index in [2.05, 4.69) is 29.5 Å². The molecule has 0 radical (unpaired) electrons. The van der Waals surface area contributed by atoms with Crippen molar-refractivity contribution >= 4 is 22.9 Å². The standard InChI is InChI=1S/C15H22N4O/c1-10(2)9-16-14(20)11(3)17-15-18-12-7-5-6-8-13(12)19(15)4/h5-8,10-11H,9H2,1-4H3,(H,16,20)(H,17,18). The van der Waals surface area contributed by atoms with Gasteiger partial charge in [0.25, 0.3) is 0 Å². The molecular weight excluding hydrogens is 252 g/mol. The number of amides is 1. The molecule has 1 atom stereocenters. The van der Waals surface area contributed by atoms with Crippen molar-refractivity contribution in [2.75, 3.05) is 11.9 Å². The first-order valence-corrected chi connectivity index (χ1v) is 6.94. The molecule has 108 valence electrons. The van der Waals surface area contributed by atoms with Gasteiger partial charge < -0.3 is 15.2 Å². The molecule has 0 saturated carbocycles. The van der Waals surface area contributed by atoms with E-state index in [1.54, 1.807) is 0 Å². The number of para-hydroxylation sites is 2. The molecule has 5 nitrogen and oxygen atoms in total. The number of aromatic nitrogens is 2. The SMILES string of the molecule is CC(C)CNC(=O)C(C)Nc1nc2ccccc2n1C. The summed E-state index contributed by atoms with van der Waals surface area (Å²) >= 11 is 0. The second kappa shape index (κ2) is 5.94. The third-order valence-corrected chi connectivity index (χ3v) is 3.21. The molecule has 0 aliphatic carbocycles. The Morgan fingerprint density at radius 1 is 1.30 bits per heavy atom. The fourth-order valence-electron chi connectivity index (χ4n) is 1.99. The molecule has 1 unspecified atom stereocenters. The van der Waals surface area contributed by atoms with Crippen LogP contribution in [0.15, 0.2) is 24.3 Å². The number of hydrogen-bond acceptors (Lipinski definition) is 3. The quantitative estimate of drug-likeness (QED) is 0.878. The van der Waals surface area contributed by atoms with Gasteiger partial charge in [-0.1, -0.05) is 26.0 Å². The van der Waals surface area contributed by atoms with E-state index in [1.807, 2.05) is 42.8 Å². The zero-order valence-corrected chi connectivity index (χ0v) is 12.5. The number of carbonyl (C=O) groups excluding carboxylic acids is 1. The Morgan fingerprint density at radius 3 is 2.65 bits per heavy atom. The van der Waals surface area contributed by atoms with Gasteiger partial charge in [-0.05, 0) is 25.0 Å². The molecule has 1 aromatic carbocycles. The molecule has 0 fully saturated rings. The second-order valence-corrected chi connectivity index (χ2v) is 5.49. The maximum absolute atomic E-state index is 12.0. The molecular formula is C15H22N4O. The summed E-state index contributed by atoms with van der Waals surface area (Å²) in [4.78, 5) is 16.5. The van der Waals surface area contributed by atoms with Gasteiger partial charge in [0.1, 0.15) is 6.04 Å². The van der Waals surface area contributed by atoms with Gasteiger partial charge in [0.15, 0.2) is 0 Å². The fraction of sp³-hybridized carbons (Fsp3) is 0.467. The molecule has 0 saturated heterocycles. The predicted octanol–water partition coefficient (Wildman–Crippen LogP) is 2.15. The van der Waals surface area contributed by atoms with Crippen molar-refractivity contribution in [2.45, 2.75) is 26.8 Å². The van der Waals surface area contributed by atoms with Crippen molar-refractivity contribution in [3.8, 4) is 0 Å². The molecule has 1 heterocycles. The highest BCUT2D eigenvalue weighted by Gasteiger charge is 2.15. The third kappa shape index (κ3) is 3.10. The van der Waals surface area contributed by atoms with Gasteiger partial charge in [0.2, 0.25) is 11.9 Å². The van der Waals surface area contributed by atoms with Gasteiger partial charge in [0, 0.05) is 13.6 Å². The lowest BCUT2D eigenvalue weighted by Crippen LogP contribution is -2.39. The number of imidazole rings is 1. The molecule has 0 aliphatic rings. The van der Waals surface area contributed by atoms with E-state index in [0.717, 1.165) is 11.0 Å². The monoisotopic (exact) mass is 274 g/mol. The van der Waals surface area contributed by atoms with Crippen molar-refractivity contribution in [3.05, 3.63) is 24.3 Å². The number of anilines is 1. The molecule has 0 aliphatic heterocycles. The van der Waals surface area contributed by atoms with E-state index in [-0.39, 0.29) is 11.9 Å². The van der Waals surface area contributed by atoms with E-state index in [1.165, 1.54) is 0 Å². The first-order valence-electron chi connectivity index (χ1n) is 6.94. The van der Waals surface area contributed by atoms with Gasteiger partial charge in [-0.15, -0.1) is 0 Å². The molecule has 20 heavy (non-hydrogen) atoms. The molecule has 0 spiro atoms. The van der Waals surface area contributed by atoms with E-state index in [0.29, 0.717) is 18.4 Å². The molecule has 2 rings (SSSR count). The molecule has 1 amide bonds. The Hall–Kier alpha value is -2.04. The van der Waals surface area contributed by atoms with Gasteiger partial charge in [-0.25, -0.2) is 4.98 Å². The van der Waals surface area contributed by atoms with Crippen LogP contribution < -0.4 is 10.6 Å². The minimum atomic E-state index is -0.315. The molecule has 5 heteroatoms. The Kier molecular flexibility index (Phi) is 4.27. The van der Waals surface area contributed by atoms with Crippen LogP contribution in [0.1, 0.15) is 20.8 Å². The number of benzene rings is 1. The topological polar surface area (TPSA) is 59.0 Å². The summed E-state index contributed by atoms with van der Waals surface area (Å²) in [5.74, 6) is 1.14. The summed E-state index contributed by atoms with van der Waals surface area (Å²) in [5, 5.41) is 6.08. The minimum Gasteiger partial charge on any atom is -0.354 e. The smallest absolute Gasteiger partial charge is 0.242 e. The maximum Gasteiger partial charge on any atom is 0.242 e. The number of rotatable bonds is 5. The van der Waals surface area contributed by atoms with Crippen LogP contribution in [0.4, 0.5) is 5.95 Å². The Bertz CT molecular complexity index is 603. The van der Waals surface area contributed by atoms with E-state index in [9.17, 15) is 4.79 Å². The lowest BCUT2D eigenvalue weighted by molar-refractivity contribution is -0.121. The zero-order chi connectivity index (χ0) is 14.7. The van der Waals surface area contributed by atoms with Crippen LogP contribution in [0.2, 0.25) is 0 Å². The third-order valence-electron chi connectivity index (χ3n) is 3.21. The van der Waals surface area contributed by atoms with Crippen LogP contribution in [-0.2, 0) is 11.8 Å². The Balaban J connectivity index is 2.08. The first kappa shape index (κ1) is 14.4. The maximum atomic E-state index is 12.0. The van der Waals surface area contributed by atoms with Crippen LogP contribution in [0, 0.1) is 5.92 Å². The summed E-state index contributed by atoms with van der Waals surface area (Å²) in [6.07, 6.45) is 0. The number of carbonyl (C=O) groups is 1. The van der Waals surface area contributed by atoms with Crippen LogP contribution >= 0.6 is 0 Å². The lowest BCUT2D eigenvalue weighted by atomic mass is 10.2. The van der Waals surface area contributed by atoms with Gasteiger partial charge in [-0.3, -0.25) is 4.79 Å². The van der Waals surface area contributed by atoms with Gasteiger partial charge in [-0.2, -0.15) is 0 Å². The largest absolute Gasteiger partial charge is 0.354 e. The zero-order valence-electron chi connectivity index (χ0n) is 12.5. The summed E-state index contributed by atoms with van der Waals surface area (Å²) in [5.41, 5.74) is 1.97. The number of nitrogens with one attached hydrogen (secondary N) is 2. The minimum absolute atomic E-state index is 0.00856. The van der Waals surface area contributed by atoms with Gasteiger partial charge >= 0.3 is 0 Å². The highest BCUT2D eigenvalue weighted by atomic mass is 16.2. The average Bonchev–Trinajstić information content (AvgIpc) is 2.73. The van der Waals surface area contributed by atoms with Crippen molar-refractivity contribution in [2.24, 2.45) is 13.0 Å². The van der Waals surface area contributed by atoms with E-state index >= 15 is 0 Å². The Morgan fingerprint density at radius 2 is 2.00 bits per heavy atom. The summed E-state index contributed by atoms with van der Waals surface area (Å²) in [7, 11) is 1.94. The average molecular weight is 274 g/mol. The van der Waals surface area contributed by atoms with Crippen LogP contribution in [0.25, 0.3) is 11.0 Å². The number of hydrogen-bond donors (Lipinski definition) is 2. The van der Waals surface area contributed by atoms with Crippen LogP contribution in [0.5, 0.6) is 0 Å². The van der Waals surface area contributed by atoms with Crippen LogP contribution in [0.3, 0.4) is 0 Å². The van der Waals surface area contributed by atoms with Crippen LogP contribution in [-0.4, -0.2) is 28.0 Å². The second-order valence-electron chi connectivity index (χ2n) is 5.49. The van der Waals surface area contributed by atoms with E-state index < -0.39 is 0 Å². The molecule has 0 bridgehead atoms. The molecule has 1 aromatic heterocycles. The number of fused-ring (bicyclic) bond motifs is 1. The van der Waals surface area contributed by atoms with Crippen molar-refractivity contribution < 1.29 is 4.79 Å².